The van der Waals surface area contributed by atoms with Gasteiger partial charge in [-0.3, -0.25) is 0 Å². The Hall–Kier alpha value is -0.740. The summed E-state index contributed by atoms with van der Waals surface area (Å²) in [4.78, 5) is 11.8. The zero-order chi connectivity index (χ0) is 16.5. The van der Waals surface area contributed by atoms with Gasteiger partial charge < -0.3 is 9.29 Å². The van der Waals surface area contributed by atoms with Gasteiger partial charge in [0.15, 0.2) is 0 Å². The molecular formula is C13H6Br3O5S-. The first kappa shape index (κ1) is 17.6. The first-order valence-electron chi connectivity index (χ1n) is 5.61. The topological polar surface area (TPSA) is 83.5 Å². The van der Waals surface area contributed by atoms with Crippen LogP contribution in [0.1, 0.15) is 10.4 Å². The molecule has 116 valence electrons. The lowest BCUT2D eigenvalue weighted by Crippen LogP contribution is -2.10. The van der Waals surface area contributed by atoms with Crippen LogP contribution >= 0.6 is 47.8 Å². The molecule has 0 saturated carbocycles. The molecule has 2 rings (SSSR count). The highest BCUT2D eigenvalue weighted by Crippen LogP contribution is 2.31. The fourth-order valence-corrected chi connectivity index (χ4v) is 3.63. The average molecular weight is 514 g/mol. The Morgan fingerprint density at radius 1 is 1.05 bits per heavy atom. The number of hydrogen-bond donors (Lipinski definition) is 0. The van der Waals surface area contributed by atoms with Crippen molar-refractivity contribution in [2.45, 2.75) is 4.90 Å². The fourth-order valence-electron chi connectivity index (χ4n) is 1.54. The van der Waals surface area contributed by atoms with Crippen molar-refractivity contribution in [3.8, 4) is 5.75 Å². The number of rotatable bonds is 3. The number of esters is 1. The van der Waals surface area contributed by atoms with Crippen LogP contribution < -0.4 is 4.74 Å². The van der Waals surface area contributed by atoms with E-state index in [1.165, 1.54) is 12.1 Å². The number of halogens is 3. The highest BCUT2D eigenvalue weighted by Gasteiger charge is 2.16. The molecule has 0 unspecified atom stereocenters. The Bertz CT molecular complexity index is 831. The van der Waals surface area contributed by atoms with Crippen LogP contribution in [0.4, 0.5) is 0 Å². The molecule has 0 saturated heterocycles. The van der Waals surface area contributed by atoms with Crippen LogP contribution in [0, 0.1) is 0 Å². The predicted molar refractivity (Wildman–Crippen MR) is 88.9 cm³/mol. The maximum Gasteiger partial charge on any atom is 0.344 e. The lowest BCUT2D eigenvalue weighted by Gasteiger charge is -2.10. The van der Waals surface area contributed by atoms with Crippen LogP contribution in [0.2, 0.25) is 0 Å². The van der Waals surface area contributed by atoms with Gasteiger partial charge in [-0.1, -0.05) is 15.9 Å². The first-order chi connectivity index (χ1) is 10.2. The molecule has 2 aromatic carbocycles. The van der Waals surface area contributed by atoms with Gasteiger partial charge in [-0.25, -0.2) is 13.2 Å². The summed E-state index contributed by atoms with van der Waals surface area (Å²) in [6.07, 6.45) is 0. The van der Waals surface area contributed by atoms with E-state index in [1.807, 2.05) is 0 Å². The van der Waals surface area contributed by atoms with Gasteiger partial charge in [-0.15, -0.1) is 0 Å². The molecule has 0 aliphatic heterocycles. The lowest BCUT2D eigenvalue weighted by atomic mass is 10.2. The zero-order valence-electron chi connectivity index (χ0n) is 10.5. The third kappa shape index (κ3) is 4.17. The predicted octanol–water partition coefficient (Wildman–Crippen LogP) is 4.10. The van der Waals surface area contributed by atoms with E-state index in [0.717, 1.165) is 12.1 Å². The molecule has 0 radical (unpaired) electrons. The summed E-state index contributed by atoms with van der Waals surface area (Å²) in [6.45, 7) is 0. The molecule has 0 amide bonds. The zero-order valence-corrected chi connectivity index (χ0v) is 16.1. The summed E-state index contributed by atoms with van der Waals surface area (Å²) in [5.74, 6) is -0.507. The van der Waals surface area contributed by atoms with Gasteiger partial charge in [0, 0.05) is 13.4 Å². The number of benzene rings is 2. The molecule has 0 aliphatic carbocycles. The van der Waals surface area contributed by atoms with Gasteiger partial charge in [0.1, 0.15) is 15.9 Å². The van der Waals surface area contributed by atoms with Crippen molar-refractivity contribution >= 4 is 63.9 Å². The lowest BCUT2D eigenvalue weighted by molar-refractivity contribution is 0.0733. The summed E-state index contributed by atoms with van der Waals surface area (Å²) in [7, 11) is -4.53. The van der Waals surface area contributed by atoms with Crippen molar-refractivity contribution in [3.05, 3.63) is 55.4 Å². The minimum Gasteiger partial charge on any atom is -0.744 e. The Morgan fingerprint density at radius 3 is 2.18 bits per heavy atom. The van der Waals surface area contributed by atoms with E-state index in [9.17, 15) is 17.8 Å². The van der Waals surface area contributed by atoms with Crippen molar-refractivity contribution in [2.24, 2.45) is 0 Å². The average Bonchev–Trinajstić information content (AvgIpc) is 2.42. The molecule has 0 spiro atoms. The molecule has 0 atom stereocenters. The van der Waals surface area contributed by atoms with Crippen LogP contribution in [0.3, 0.4) is 0 Å². The number of carbonyl (C=O) groups is 1. The number of carbonyl (C=O) groups excluding carboxylic acids is 1. The van der Waals surface area contributed by atoms with Crippen molar-refractivity contribution in [2.75, 3.05) is 0 Å². The van der Waals surface area contributed by atoms with Crippen molar-refractivity contribution in [1.29, 1.82) is 0 Å². The normalized spacial score (nSPS) is 11.3. The van der Waals surface area contributed by atoms with E-state index in [2.05, 4.69) is 47.8 Å². The maximum absolute atomic E-state index is 12.1. The molecule has 0 bridgehead atoms. The molecule has 2 aromatic rings. The van der Waals surface area contributed by atoms with Gasteiger partial charge in [0.2, 0.25) is 0 Å². The highest BCUT2D eigenvalue weighted by molar-refractivity contribution is 9.13. The van der Waals surface area contributed by atoms with Gasteiger partial charge in [0.25, 0.3) is 0 Å². The second kappa shape index (κ2) is 6.79. The number of hydrogen-bond acceptors (Lipinski definition) is 5. The van der Waals surface area contributed by atoms with E-state index >= 15 is 0 Å². The van der Waals surface area contributed by atoms with Gasteiger partial charge in [-0.2, -0.15) is 0 Å². The van der Waals surface area contributed by atoms with E-state index in [4.69, 9.17) is 4.74 Å². The Kier molecular flexibility index (Phi) is 5.44. The Morgan fingerprint density at radius 2 is 1.64 bits per heavy atom. The van der Waals surface area contributed by atoms with Crippen LogP contribution in [-0.2, 0) is 10.1 Å². The first-order valence-corrected chi connectivity index (χ1v) is 9.40. The third-order valence-electron chi connectivity index (χ3n) is 2.54. The van der Waals surface area contributed by atoms with Crippen LogP contribution in [-0.4, -0.2) is 18.9 Å². The minimum atomic E-state index is -4.53. The molecule has 9 heteroatoms. The molecule has 22 heavy (non-hydrogen) atoms. The van der Waals surface area contributed by atoms with E-state index in [1.54, 1.807) is 12.1 Å². The molecule has 0 aromatic heterocycles. The maximum atomic E-state index is 12.1. The van der Waals surface area contributed by atoms with Crippen molar-refractivity contribution in [1.82, 2.24) is 0 Å². The second-order valence-corrected chi connectivity index (χ2v) is 8.01. The van der Waals surface area contributed by atoms with Crippen LogP contribution in [0.15, 0.2) is 54.7 Å². The molecule has 0 N–H and O–H groups in total. The SMILES string of the molecule is O=C(Oc1ccc(S(=O)(=O)[O-])cc1)c1cc(Br)cc(Br)c1Br. The molecule has 5 nitrogen and oxygen atoms in total. The number of ether oxygens (including phenoxy) is 1. The molecular weight excluding hydrogens is 508 g/mol. The Balaban J connectivity index is 2.26. The summed E-state index contributed by atoms with van der Waals surface area (Å²) in [5, 5.41) is 0. The van der Waals surface area contributed by atoms with Crippen molar-refractivity contribution < 1.29 is 22.5 Å². The quantitative estimate of drug-likeness (QED) is 0.267. The monoisotopic (exact) mass is 511 g/mol. The fraction of sp³-hybridized carbons (Fsp3) is 0. The summed E-state index contributed by atoms with van der Waals surface area (Å²) < 4.78 is 39.5. The summed E-state index contributed by atoms with van der Waals surface area (Å²) in [6, 6.07) is 7.98. The van der Waals surface area contributed by atoms with Crippen LogP contribution in [0.5, 0.6) is 5.75 Å². The van der Waals surface area contributed by atoms with Gasteiger partial charge in [-0.05, 0) is 68.3 Å². The highest BCUT2D eigenvalue weighted by atomic mass is 79.9. The molecule has 0 heterocycles. The largest absolute Gasteiger partial charge is 0.744 e. The molecule has 0 aliphatic rings. The standard InChI is InChI=1S/C13H7Br3O5S/c14-7-5-10(12(16)11(15)6-7)13(17)21-8-1-3-9(4-2-8)22(18,19)20/h1-6H,(H,18,19,20)/p-1. The van der Waals surface area contributed by atoms with Gasteiger partial charge in [0.05, 0.1) is 10.5 Å². The van der Waals surface area contributed by atoms with E-state index < -0.39 is 21.0 Å². The minimum absolute atomic E-state index is 0.125. The summed E-state index contributed by atoms with van der Waals surface area (Å²) in [5.41, 5.74) is 0.279. The van der Waals surface area contributed by atoms with Crippen molar-refractivity contribution in [3.63, 3.8) is 0 Å². The van der Waals surface area contributed by atoms with Crippen LogP contribution in [0.25, 0.3) is 0 Å². The molecule has 0 fully saturated rings. The van der Waals surface area contributed by atoms with Gasteiger partial charge >= 0.3 is 5.97 Å². The second-order valence-electron chi connectivity index (χ2n) is 4.06. The summed E-state index contributed by atoms with van der Waals surface area (Å²) >= 11 is 9.84. The van der Waals surface area contributed by atoms with E-state index in [-0.39, 0.29) is 11.3 Å². The third-order valence-corrected chi connectivity index (χ3v) is 5.86. The smallest absolute Gasteiger partial charge is 0.344 e. The van der Waals surface area contributed by atoms with E-state index in [0.29, 0.717) is 13.4 Å². The Labute approximate surface area is 151 Å².